The van der Waals surface area contributed by atoms with Crippen LogP contribution in [0.1, 0.15) is 24.0 Å². The number of nitrogens with zero attached hydrogens (tertiary/aromatic N) is 1. The van der Waals surface area contributed by atoms with E-state index in [9.17, 15) is 10.2 Å². The molecule has 2 aromatic rings. The SMILES string of the molecule is Oc1ccc(C2=C(c3ccc4c(c3)OCO4)[C@@H](O)[C@@H]3CCCN3C2)cc1. The van der Waals surface area contributed by atoms with Gasteiger partial charge in [0.25, 0.3) is 0 Å². The zero-order valence-electron chi connectivity index (χ0n) is 14.4. The summed E-state index contributed by atoms with van der Waals surface area (Å²) in [5, 5.41) is 20.8. The summed E-state index contributed by atoms with van der Waals surface area (Å²) in [5.41, 5.74) is 4.06. The van der Waals surface area contributed by atoms with Gasteiger partial charge in [0, 0.05) is 12.6 Å². The summed E-state index contributed by atoms with van der Waals surface area (Å²) >= 11 is 0. The lowest BCUT2D eigenvalue weighted by atomic mass is 9.84. The fourth-order valence-corrected chi connectivity index (χ4v) is 4.38. The molecular weight excluding hydrogens is 330 g/mol. The molecule has 0 saturated carbocycles. The molecule has 2 N–H and O–H groups in total. The molecule has 26 heavy (non-hydrogen) atoms. The predicted molar refractivity (Wildman–Crippen MR) is 98.1 cm³/mol. The molecule has 5 rings (SSSR count). The van der Waals surface area contributed by atoms with E-state index in [1.807, 2.05) is 30.3 Å². The maximum absolute atomic E-state index is 11.2. The van der Waals surface area contributed by atoms with Crippen LogP contribution in [0.2, 0.25) is 0 Å². The smallest absolute Gasteiger partial charge is 0.231 e. The molecule has 1 saturated heterocycles. The lowest BCUT2D eigenvalue weighted by Crippen LogP contribution is -2.44. The van der Waals surface area contributed by atoms with Crippen molar-refractivity contribution in [1.82, 2.24) is 4.90 Å². The molecule has 0 aliphatic carbocycles. The zero-order valence-corrected chi connectivity index (χ0v) is 14.4. The van der Waals surface area contributed by atoms with E-state index in [1.54, 1.807) is 12.1 Å². The molecule has 1 fully saturated rings. The number of hydrogen-bond donors (Lipinski definition) is 2. The molecule has 5 heteroatoms. The fraction of sp³-hybridized carbons (Fsp3) is 0.333. The summed E-state index contributed by atoms with van der Waals surface area (Å²) in [5.74, 6) is 1.71. The third-order valence-corrected chi connectivity index (χ3v) is 5.66. The summed E-state index contributed by atoms with van der Waals surface area (Å²) in [7, 11) is 0. The van der Waals surface area contributed by atoms with Gasteiger partial charge >= 0.3 is 0 Å². The Labute approximate surface area is 152 Å². The number of aliphatic hydroxyl groups is 1. The van der Waals surface area contributed by atoms with Crippen LogP contribution in [0.3, 0.4) is 0 Å². The fourth-order valence-electron chi connectivity index (χ4n) is 4.38. The number of aliphatic hydroxyl groups excluding tert-OH is 1. The predicted octanol–water partition coefficient (Wildman–Crippen LogP) is 2.87. The Kier molecular flexibility index (Phi) is 3.65. The number of fused-ring (bicyclic) bond motifs is 2. The van der Waals surface area contributed by atoms with Crippen LogP contribution in [0, 0.1) is 0 Å². The first-order valence-electron chi connectivity index (χ1n) is 9.05. The van der Waals surface area contributed by atoms with E-state index in [0.29, 0.717) is 0 Å². The zero-order chi connectivity index (χ0) is 17.7. The van der Waals surface area contributed by atoms with E-state index in [2.05, 4.69) is 4.90 Å². The van der Waals surface area contributed by atoms with Gasteiger partial charge in [-0.1, -0.05) is 18.2 Å². The second kappa shape index (κ2) is 6.04. The van der Waals surface area contributed by atoms with Gasteiger partial charge in [-0.2, -0.15) is 0 Å². The summed E-state index contributed by atoms with van der Waals surface area (Å²) < 4.78 is 11.0. The van der Waals surface area contributed by atoms with Gasteiger partial charge in [-0.25, -0.2) is 0 Å². The molecular formula is C21H21NO4. The van der Waals surface area contributed by atoms with E-state index in [1.165, 1.54) is 0 Å². The quantitative estimate of drug-likeness (QED) is 0.871. The monoisotopic (exact) mass is 351 g/mol. The summed E-state index contributed by atoms with van der Waals surface area (Å²) in [4.78, 5) is 2.36. The first-order chi connectivity index (χ1) is 12.7. The molecule has 0 bridgehead atoms. The number of phenols is 1. The minimum absolute atomic E-state index is 0.163. The van der Waals surface area contributed by atoms with Crippen LogP contribution in [-0.4, -0.2) is 47.1 Å². The Bertz CT molecular complexity index is 874. The van der Waals surface area contributed by atoms with Crippen molar-refractivity contribution in [2.24, 2.45) is 0 Å². The molecule has 0 unspecified atom stereocenters. The van der Waals surface area contributed by atoms with Crippen molar-refractivity contribution >= 4 is 11.1 Å². The summed E-state index contributed by atoms with van der Waals surface area (Å²) in [6, 6.07) is 13.3. The van der Waals surface area contributed by atoms with E-state index in [4.69, 9.17) is 9.47 Å². The Morgan fingerprint density at radius 1 is 0.962 bits per heavy atom. The normalized spacial score (nSPS) is 24.8. The number of phenolic OH excluding ortho intramolecular Hbond substituents is 1. The topological polar surface area (TPSA) is 62.2 Å². The van der Waals surface area contributed by atoms with Crippen molar-refractivity contribution in [2.75, 3.05) is 19.9 Å². The Morgan fingerprint density at radius 3 is 2.58 bits per heavy atom. The highest BCUT2D eigenvalue weighted by Gasteiger charge is 2.39. The molecule has 5 nitrogen and oxygen atoms in total. The van der Waals surface area contributed by atoms with Gasteiger partial charge in [0.15, 0.2) is 11.5 Å². The molecule has 3 aliphatic heterocycles. The first-order valence-corrected chi connectivity index (χ1v) is 9.05. The largest absolute Gasteiger partial charge is 0.508 e. The van der Waals surface area contributed by atoms with Gasteiger partial charge in [-0.05, 0) is 65.9 Å². The van der Waals surface area contributed by atoms with Gasteiger partial charge in [-0.15, -0.1) is 0 Å². The maximum Gasteiger partial charge on any atom is 0.231 e. The van der Waals surface area contributed by atoms with Crippen molar-refractivity contribution in [3.05, 3.63) is 53.6 Å². The van der Waals surface area contributed by atoms with E-state index < -0.39 is 6.10 Å². The highest BCUT2D eigenvalue weighted by Crippen LogP contribution is 2.43. The third-order valence-electron chi connectivity index (χ3n) is 5.66. The second-order valence-corrected chi connectivity index (χ2v) is 7.13. The van der Waals surface area contributed by atoms with Gasteiger partial charge in [0.1, 0.15) is 5.75 Å². The standard InChI is InChI=1S/C21H21NO4/c23-15-6-3-13(4-7-15)16-11-22-9-1-2-17(22)21(24)20(16)14-5-8-18-19(10-14)26-12-25-18/h3-8,10,17,21,23-24H,1-2,9,11-12H2/t17-,21-/m0/s1. The maximum atomic E-state index is 11.2. The molecule has 3 aliphatic rings. The molecule has 0 amide bonds. The van der Waals surface area contributed by atoms with Gasteiger partial charge < -0.3 is 19.7 Å². The van der Waals surface area contributed by atoms with Crippen LogP contribution >= 0.6 is 0 Å². The lowest BCUT2D eigenvalue weighted by Gasteiger charge is -2.38. The minimum Gasteiger partial charge on any atom is -0.508 e. The van der Waals surface area contributed by atoms with E-state index in [0.717, 1.165) is 59.7 Å². The average Bonchev–Trinajstić information content (AvgIpc) is 3.30. The van der Waals surface area contributed by atoms with Gasteiger partial charge in [-0.3, -0.25) is 4.90 Å². The average molecular weight is 351 g/mol. The van der Waals surface area contributed by atoms with Gasteiger partial charge in [0.05, 0.1) is 6.10 Å². The van der Waals surface area contributed by atoms with Crippen LogP contribution < -0.4 is 9.47 Å². The molecule has 2 aromatic carbocycles. The molecule has 2 atom stereocenters. The van der Waals surface area contributed by atoms with Crippen LogP contribution in [0.25, 0.3) is 11.1 Å². The second-order valence-electron chi connectivity index (χ2n) is 7.13. The Morgan fingerprint density at radius 2 is 1.73 bits per heavy atom. The van der Waals surface area contributed by atoms with Gasteiger partial charge in [0.2, 0.25) is 6.79 Å². The van der Waals surface area contributed by atoms with Crippen LogP contribution in [-0.2, 0) is 0 Å². The number of rotatable bonds is 2. The lowest BCUT2D eigenvalue weighted by molar-refractivity contribution is 0.115. The number of ether oxygens (including phenoxy) is 2. The molecule has 0 spiro atoms. The highest BCUT2D eigenvalue weighted by atomic mass is 16.7. The Hall–Kier alpha value is -2.50. The molecule has 0 aromatic heterocycles. The molecule has 0 radical (unpaired) electrons. The van der Waals surface area contributed by atoms with E-state index in [-0.39, 0.29) is 18.6 Å². The van der Waals surface area contributed by atoms with Crippen molar-refractivity contribution in [2.45, 2.75) is 25.0 Å². The van der Waals surface area contributed by atoms with Crippen LogP contribution in [0.15, 0.2) is 42.5 Å². The third kappa shape index (κ3) is 2.47. The van der Waals surface area contributed by atoms with Crippen molar-refractivity contribution in [3.63, 3.8) is 0 Å². The molecule has 134 valence electrons. The summed E-state index contributed by atoms with van der Waals surface area (Å²) in [6.45, 7) is 2.05. The number of benzene rings is 2. The van der Waals surface area contributed by atoms with E-state index >= 15 is 0 Å². The number of hydrogen-bond acceptors (Lipinski definition) is 5. The van der Waals surface area contributed by atoms with Crippen LogP contribution in [0.5, 0.6) is 17.2 Å². The van der Waals surface area contributed by atoms with Crippen molar-refractivity contribution < 1.29 is 19.7 Å². The Balaban J connectivity index is 1.67. The van der Waals surface area contributed by atoms with Crippen molar-refractivity contribution in [1.29, 1.82) is 0 Å². The number of aromatic hydroxyl groups is 1. The summed E-state index contributed by atoms with van der Waals surface area (Å²) in [6.07, 6.45) is 1.58. The minimum atomic E-state index is -0.546. The van der Waals surface area contributed by atoms with Crippen LogP contribution in [0.4, 0.5) is 0 Å². The first kappa shape index (κ1) is 15.7. The highest BCUT2D eigenvalue weighted by molar-refractivity contribution is 5.95. The molecule has 3 heterocycles. The van der Waals surface area contributed by atoms with Crippen molar-refractivity contribution in [3.8, 4) is 17.2 Å².